The van der Waals surface area contributed by atoms with Crippen LogP contribution >= 0.6 is 12.4 Å². The molecule has 1 heterocycles. The number of nitrogens with zero attached hydrogens (tertiary/aromatic N) is 1. The molecule has 0 aliphatic carbocycles. The molecule has 3 aromatic carbocycles. The number of rotatable bonds is 8. The van der Waals surface area contributed by atoms with Gasteiger partial charge in [-0.2, -0.15) is 0 Å². The predicted octanol–water partition coefficient (Wildman–Crippen LogP) is 4.01. The molecule has 32 heavy (non-hydrogen) atoms. The molecule has 0 bridgehead atoms. The van der Waals surface area contributed by atoms with Crippen LogP contribution in [0.4, 0.5) is 0 Å². The van der Waals surface area contributed by atoms with Crippen LogP contribution in [0.25, 0.3) is 10.8 Å². The summed E-state index contributed by atoms with van der Waals surface area (Å²) >= 11 is 0. The molecule has 0 saturated heterocycles. The van der Waals surface area contributed by atoms with Crippen molar-refractivity contribution in [3.63, 3.8) is 0 Å². The van der Waals surface area contributed by atoms with E-state index in [1.807, 2.05) is 36.4 Å². The summed E-state index contributed by atoms with van der Waals surface area (Å²) in [7, 11) is -0.223. The molecule has 0 saturated carbocycles. The molecule has 8 heteroatoms. The quantitative estimate of drug-likeness (QED) is 0.497. The highest BCUT2D eigenvalue weighted by molar-refractivity contribution is 7.89. The number of methoxy groups -OCH3 is 2. The molecule has 0 unspecified atom stereocenters. The van der Waals surface area contributed by atoms with Gasteiger partial charge in [-0.3, -0.25) is 4.90 Å². The molecule has 0 spiro atoms. The highest BCUT2D eigenvalue weighted by atomic mass is 35.5. The lowest BCUT2D eigenvalue weighted by Gasteiger charge is -2.29. The van der Waals surface area contributed by atoms with E-state index >= 15 is 0 Å². The molecule has 0 atom stereocenters. The van der Waals surface area contributed by atoms with E-state index in [1.165, 1.54) is 11.1 Å². The fourth-order valence-corrected chi connectivity index (χ4v) is 5.17. The average Bonchev–Trinajstić information content (AvgIpc) is 2.80. The highest BCUT2D eigenvalue weighted by Gasteiger charge is 2.20. The first-order valence-electron chi connectivity index (χ1n) is 10.4. The van der Waals surface area contributed by atoms with Crippen LogP contribution in [0.3, 0.4) is 0 Å². The number of hydrogen-bond donors (Lipinski definition) is 1. The molecule has 0 radical (unpaired) electrons. The van der Waals surface area contributed by atoms with Crippen molar-refractivity contribution in [3.05, 3.63) is 65.7 Å². The summed E-state index contributed by atoms with van der Waals surface area (Å²) in [5.41, 5.74) is 2.52. The van der Waals surface area contributed by atoms with Gasteiger partial charge in [-0.25, -0.2) is 13.1 Å². The van der Waals surface area contributed by atoms with Crippen LogP contribution in [0.2, 0.25) is 0 Å². The summed E-state index contributed by atoms with van der Waals surface area (Å²) in [6.45, 7) is 3.01. The Morgan fingerprint density at radius 1 is 0.938 bits per heavy atom. The maximum Gasteiger partial charge on any atom is 0.240 e. The van der Waals surface area contributed by atoms with Crippen molar-refractivity contribution < 1.29 is 17.9 Å². The van der Waals surface area contributed by atoms with Gasteiger partial charge in [0.05, 0.1) is 19.1 Å². The Labute approximate surface area is 196 Å². The largest absolute Gasteiger partial charge is 0.493 e. The zero-order valence-electron chi connectivity index (χ0n) is 18.3. The van der Waals surface area contributed by atoms with Gasteiger partial charge in [0.25, 0.3) is 0 Å². The zero-order chi connectivity index (χ0) is 21.8. The summed E-state index contributed by atoms with van der Waals surface area (Å²) in [5, 5.41) is 1.95. The fraction of sp³-hybridized carbons (Fsp3) is 0.333. The van der Waals surface area contributed by atoms with Crippen molar-refractivity contribution >= 4 is 33.2 Å². The first-order valence-corrected chi connectivity index (χ1v) is 11.9. The Bertz CT molecular complexity index is 1180. The zero-order valence-corrected chi connectivity index (χ0v) is 20.0. The number of hydrogen-bond acceptors (Lipinski definition) is 5. The second kappa shape index (κ2) is 10.5. The molecule has 0 amide bonds. The minimum atomic E-state index is -3.52. The molecule has 172 valence electrons. The van der Waals surface area contributed by atoms with Gasteiger partial charge in [-0.15, -0.1) is 12.4 Å². The van der Waals surface area contributed by atoms with E-state index in [4.69, 9.17) is 9.47 Å². The fourth-order valence-electron chi connectivity index (χ4n) is 4.06. The molecule has 6 nitrogen and oxygen atoms in total. The van der Waals surface area contributed by atoms with Crippen molar-refractivity contribution in [2.45, 2.75) is 24.3 Å². The Hall–Kier alpha value is -2.32. The predicted molar refractivity (Wildman–Crippen MR) is 130 cm³/mol. The van der Waals surface area contributed by atoms with E-state index in [1.54, 1.807) is 26.4 Å². The Kier molecular flexibility index (Phi) is 8.00. The highest BCUT2D eigenvalue weighted by Crippen LogP contribution is 2.33. The lowest BCUT2D eigenvalue weighted by atomic mass is 9.98. The van der Waals surface area contributed by atoms with Crippen LogP contribution in [-0.2, 0) is 23.0 Å². The van der Waals surface area contributed by atoms with Crippen molar-refractivity contribution in [1.29, 1.82) is 0 Å². The maximum atomic E-state index is 12.7. The van der Waals surface area contributed by atoms with Crippen molar-refractivity contribution in [2.24, 2.45) is 0 Å². The van der Waals surface area contributed by atoms with Crippen LogP contribution < -0.4 is 14.2 Å². The molecule has 3 aromatic rings. The van der Waals surface area contributed by atoms with Gasteiger partial charge in [0.2, 0.25) is 10.0 Å². The van der Waals surface area contributed by atoms with Gasteiger partial charge < -0.3 is 9.47 Å². The van der Waals surface area contributed by atoms with Gasteiger partial charge in [-0.1, -0.05) is 30.3 Å². The third-order valence-electron chi connectivity index (χ3n) is 5.77. The van der Waals surface area contributed by atoms with Crippen LogP contribution in [0.5, 0.6) is 11.5 Å². The Balaban J connectivity index is 0.00000289. The summed E-state index contributed by atoms with van der Waals surface area (Å²) in [6.07, 6.45) is 1.69. The molecule has 1 N–H and O–H groups in total. The standard InChI is InChI=1S/C24H28N2O4S.ClH/c1-29-23-15-20-10-13-26(17-21(20)16-24(23)30-2)12-5-11-25-31(27,28)22-9-8-18-6-3-4-7-19(18)14-22;/h3-4,6-9,14-16,25H,5,10-13,17H2,1-2H3;1H. The van der Waals surface area contributed by atoms with Gasteiger partial charge in [-0.05, 0) is 65.6 Å². The number of benzene rings is 3. The van der Waals surface area contributed by atoms with Crippen LogP contribution in [0.15, 0.2) is 59.5 Å². The number of sulfonamides is 1. The topological polar surface area (TPSA) is 67.9 Å². The molecular weight excluding hydrogens is 448 g/mol. The Morgan fingerprint density at radius 2 is 1.62 bits per heavy atom. The molecule has 0 fully saturated rings. The lowest BCUT2D eigenvalue weighted by Crippen LogP contribution is -2.33. The molecule has 1 aliphatic heterocycles. The normalized spacial score (nSPS) is 13.9. The van der Waals surface area contributed by atoms with E-state index in [0.717, 1.165) is 54.7 Å². The number of ether oxygens (including phenoxy) is 2. The second-order valence-corrected chi connectivity index (χ2v) is 9.53. The first kappa shape index (κ1) is 24.3. The van der Waals surface area contributed by atoms with Crippen LogP contribution in [-0.4, -0.2) is 47.2 Å². The second-order valence-electron chi connectivity index (χ2n) is 7.76. The van der Waals surface area contributed by atoms with Gasteiger partial charge in [0.1, 0.15) is 0 Å². The SMILES string of the molecule is COc1cc2c(cc1OC)CN(CCCNS(=O)(=O)c1ccc3ccccc3c1)CC2.Cl. The summed E-state index contributed by atoms with van der Waals surface area (Å²) in [6, 6.07) is 17.1. The average molecular weight is 477 g/mol. The van der Waals surface area contributed by atoms with Crippen molar-refractivity contribution in [2.75, 3.05) is 33.9 Å². The number of fused-ring (bicyclic) bond motifs is 2. The van der Waals surface area contributed by atoms with E-state index in [0.29, 0.717) is 11.4 Å². The monoisotopic (exact) mass is 476 g/mol. The number of nitrogens with one attached hydrogen (secondary N) is 1. The maximum absolute atomic E-state index is 12.7. The molecular formula is C24H29ClN2O4S. The molecule has 1 aliphatic rings. The van der Waals surface area contributed by atoms with E-state index in [9.17, 15) is 8.42 Å². The third kappa shape index (κ3) is 5.35. The lowest BCUT2D eigenvalue weighted by molar-refractivity contribution is 0.250. The third-order valence-corrected chi connectivity index (χ3v) is 7.23. The minimum absolute atomic E-state index is 0. The number of halogens is 1. The van der Waals surface area contributed by atoms with Gasteiger partial charge in [0, 0.05) is 19.6 Å². The van der Waals surface area contributed by atoms with Crippen molar-refractivity contribution in [3.8, 4) is 11.5 Å². The Morgan fingerprint density at radius 3 is 2.34 bits per heavy atom. The van der Waals surface area contributed by atoms with E-state index in [-0.39, 0.29) is 12.4 Å². The van der Waals surface area contributed by atoms with Crippen molar-refractivity contribution in [1.82, 2.24) is 9.62 Å². The summed E-state index contributed by atoms with van der Waals surface area (Å²) in [5.74, 6) is 1.50. The van der Waals surface area contributed by atoms with E-state index < -0.39 is 10.0 Å². The van der Waals surface area contributed by atoms with Gasteiger partial charge in [0.15, 0.2) is 11.5 Å². The smallest absolute Gasteiger partial charge is 0.240 e. The van der Waals surface area contributed by atoms with Crippen LogP contribution in [0.1, 0.15) is 17.5 Å². The summed E-state index contributed by atoms with van der Waals surface area (Å²) < 4.78 is 38.9. The molecule has 0 aromatic heterocycles. The minimum Gasteiger partial charge on any atom is -0.493 e. The molecule has 4 rings (SSSR count). The van der Waals surface area contributed by atoms with Crippen LogP contribution in [0, 0.1) is 0 Å². The first-order chi connectivity index (χ1) is 15.0. The van der Waals surface area contributed by atoms with Gasteiger partial charge >= 0.3 is 0 Å². The summed E-state index contributed by atoms with van der Waals surface area (Å²) in [4.78, 5) is 2.65. The van der Waals surface area contributed by atoms with E-state index in [2.05, 4.69) is 15.7 Å².